The van der Waals surface area contributed by atoms with Crippen LogP contribution in [0.2, 0.25) is 0 Å². The second kappa shape index (κ2) is 8.35. The first-order valence-corrected chi connectivity index (χ1v) is 12.8. The molecule has 2 bridgehead atoms. The normalized spacial score (nSPS) is 30.8. The lowest BCUT2D eigenvalue weighted by Crippen LogP contribution is -2.71. The predicted molar refractivity (Wildman–Crippen MR) is 130 cm³/mol. The molecule has 0 spiro atoms. The number of benzene rings is 1. The number of carbonyl (C=O) groups is 1. The number of aliphatic hydroxyl groups is 1. The Morgan fingerprint density at radius 3 is 2.76 bits per heavy atom. The van der Waals surface area contributed by atoms with Crippen molar-refractivity contribution in [2.45, 2.75) is 62.0 Å². The molecular formula is C28H35N3O3. The van der Waals surface area contributed by atoms with Crippen molar-refractivity contribution in [2.75, 3.05) is 33.3 Å². The summed E-state index contributed by atoms with van der Waals surface area (Å²) in [6.45, 7) is 3.39. The molecule has 4 aliphatic rings. The molecule has 0 unspecified atom stereocenters. The Morgan fingerprint density at radius 2 is 2.00 bits per heavy atom. The van der Waals surface area contributed by atoms with Crippen LogP contribution in [0, 0.1) is 5.92 Å². The van der Waals surface area contributed by atoms with E-state index in [4.69, 9.17) is 4.74 Å². The maximum absolute atomic E-state index is 13.3. The molecule has 0 radical (unpaired) electrons. The van der Waals surface area contributed by atoms with Gasteiger partial charge in [-0.05, 0) is 85.9 Å². The first kappa shape index (κ1) is 22.1. The van der Waals surface area contributed by atoms with E-state index >= 15 is 0 Å². The lowest BCUT2D eigenvalue weighted by atomic mass is 9.52. The summed E-state index contributed by atoms with van der Waals surface area (Å²) in [5, 5.41) is 12.6. The topological polar surface area (TPSA) is 65.9 Å². The minimum Gasteiger partial charge on any atom is -0.497 e. The lowest BCUT2D eigenvalue weighted by Gasteiger charge is -2.61. The maximum atomic E-state index is 13.3. The van der Waals surface area contributed by atoms with Gasteiger partial charge in [0.2, 0.25) is 5.91 Å². The summed E-state index contributed by atoms with van der Waals surface area (Å²) in [6, 6.07) is 10.4. The zero-order valence-corrected chi connectivity index (χ0v) is 20.1. The average Bonchev–Trinajstić information content (AvgIpc) is 3.68. The number of aromatic nitrogens is 1. The van der Waals surface area contributed by atoms with Crippen LogP contribution < -0.4 is 4.74 Å². The van der Waals surface area contributed by atoms with E-state index in [9.17, 15) is 9.90 Å². The molecule has 2 aromatic rings. The summed E-state index contributed by atoms with van der Waals surface area (Å²) in [4.78, 5) is 22.0. The van der Waals surface area contributed by atoms with Crippen LogP contribution in [0.3, 0.4) is 0 Å². The van der Waals surface area contributed by atoms with Crippen molar-refractivity contribution < 1.29 is 14.6 Å². The highest BCUT2D eigenvalue weighted by Crippen LogP contribution is 2.56. The number of nitrogens with zero attached hydrogens (tertiary/aromatic N) is 3. The van der Waals surface area contributed by atoms with Crippen LogP contribution in [-0.4, -0.2) is 70.7 Å². The first-order chi connectivity index (χ1) is 16.5. The van der Waals surface area contributed by atoms with Gasteiger partial charge in [-0.25, -0.2) is 0 Å². The number of ether oxygens (including phenoxy) is 1. The zero-order valence-electron chi connectivity index (χ0n) is 20.1. The van der Waals surface area contributed by atoms with Crippen molar-refractivity contribution in [3.05, 3.63) is 59.4 Å². The summed E-state index contributed by atoms with van der Waals surface area (Å²) in [5.74, 6) is 1.77. The Labute approximate surface area is 201 Å². The van der Waals surface area contributed by atoms with Gasteiger partial charge >= 0.3 is 0 Å². The summed E-state index contributed by atoms with van der Waals surface area (Å²) >= 11 is 0. The minimum atomic E-state index is -0.844. The highest BCUT2D eigenvalue weighted by atomic mass is 16.5. The predicted octanol–water partition coefficient (Wildman–Crippen LogP) is 2.96. The molecule has 3 fully saturated rings. The number of likely N-dealkylation sites (tertiary alicyclic amines) is 2. The minimum absolute atomic E-state index is 0.108. The number of pyridine rings is 1. The van der Waals surface area contributed by atoms with E-state index in [1.807, 2.05) is 17.0 Å². The molecule has 180 valence electrons. The molecule has 3 heterocycles. The largest absolute Gasteiger partial charge is 0.497 e. The number of hydrogen-bond acceptors (Lipinski definition) is 5. The second-order valence-corrected chi connectivity index (χ2v) is 10.9. The molecule has 6 rings (SSSR count). The third-order valence-electron chi connectivity index (χ3n) is 9.08. The van der Waals surface area contributed by atoms with E-state index in [1.54, 1.807) is 19.5 Å². The van der Waals surface area contributed by atoms with Crippen LogP contribution in [0.25, 0.3) is 0 Å². The van der Waals surface area contributed by atoms with Gasteiger partial charge < -0.3 is 14.7 Å². The molecule has 3 atom stereocenters. The summed E-state index contributed by atoms with van der Waals surface area (Å²) in [7, 11) is 1.71. The number of piperidine rings is 1. The lowest BCUT2D eigenvalue weighted by molar-refractivity contribution is -0.149. The van der Waals surface area contributed by atoms with Crippen LogP contribution in [0.5, 0.6) is 5.75 Å². The van der Waals surface area contributed by atoms with E-state index in [2.05, 4.69) is 28.1 Å². The second-order valence-electron chi connectivity index (χ2n) is 10.9. The molecule has 6 nitrogen and oxygen atoms in total. The van der Waals surface area contributed by atoms with Gasteiger partial charge in [-0.3, -0.25) is 14.7 Å². The number of methoxy groups -OCH3 is 1. The molecule has 1 N–H and O–H groups in total. The van der Waals surface area contributed by atoms with E-state index < -0.39 is 5.60 Å². The fourth-order valence-electron chi connectivity index (χ4n) is 7.02. The first-order valence-electron chi connectivity index (χ1n) is 12.8. The monoisotopic (exact) mass is 461 g/mol. The Bertz CT molecular complexity index is 1070. The van der Waals surface area contributed by atoms with Crippen molar-refractivity contribution in [3.8, 4) is 5.75 Å². The fraction of sp³-hybridized carbons (Fsp3) is 0.571. The standard InChI is InChI=1S/C28H35N3O3/c1-34-23-7-6-22-16-25-28(33)10-14-30(26(32)15-21-3-2-11-29-18-21)12-8-27(28,24(22)17-23)9-13-31(25)19-20-4-5-20/h2-3,6-7,11,17-18,20,25,33H,4-5,8-10,12-16,19H2,1H3/t25-,27+,28-/m1/s1. The Balaban J connectivity index is 1.35. The van der Waals surface area contributed by atoms with Crippen LogP contribution >= 0.6 is 0 Å². The van der Waals surface area contributed by atoms with Crippen LogP contribution in [0.4, 0.5) is 0 Å². The van der Waals surface area contributed by atoms with Crippen LogP contribution in [0.15, 0.2) is 42.7 Å². The molecule has 1 amide bonds. The van der Waals surface area contributed by atoms with E-state index in [1.165, 1.54) is 24.0 Å². The van der Waals surface area contributed by atoms with Gasteiger partial charge in [0.1, 0.15) is 5.75 Å². The van der Waals surface area contributed by atoms with Crippen LogP contribution in [0.1, 0.15) is 48.8 Å². The number of carbonyl (C=O) groups excluding carboxylic acids is 1. The highest BCUT2D eigenvalue weighted by molar-refractivity contribution is 5.78. The van der Waals surface area contributed by atoms with E-state index in [0.717, 1.165) is 49.6 Å². The van der Waals surface area contributed by atoms with Gasteiger partial charge in [-0.1, -0.05) is 12.1 Å². The van der Waals surface area contributed by atoms with Crippen molar-refractivity contribution in [1.29, 1.82) is 0 Å². The van der Waals surface area contributed by atoms with E-state index in [-0.39, 0.29) is 17.4 Å². The smallest absolute Gasteiger partial charge is 0.227 e. The Hall–Kier alpha value is -2.44. The van der Waals surface area contributed by atoms with Gasteiger partial charge in [-0.2, -0.15) is 0 Å². The molecule has 34 heavy (non-hydrogen) atoms. The number of hydrogen-bond donors (Lipinski definition) is 1. The molecule has 2 aliphatic carbocycles. The zero-order chi connectivity index (χ0) is 23.3. The van der Waals surface area contributed by atoms with Crippen LogP contribution in [-0.2, 0) is 23.1 Å². The SMILES string of the molecule is COc1ccc2c(c1)[C@@]13CCN(C(=O)Cc4cccnc4)CC[C@@]1(O)[C@@H](C2)N(CC1CC1)CC3. The molecular weight excluding hydrogens is 426 g/mol. The quantitative estimate of drug-likeness (QED) is 0.742. The van der Waals surface area contributed by atoms with Crippen molar-refractivity contribution in [3.63, 3.8) is 0 Å². The molecule has 2 aliphatic heterocycles. The summed E-state index contributed by atoms with van der Waals surface area (Å²) in [6.07, 6.45) is 9.71. The summed E-state index contributed by atoms with van der Waals surface area (Å²) in [5.41, 5.74) is 2.34. The Kier molecular flexibility index (Phi) is 5.41. The van der Waals surface area contributed by atoms with Crippen molar-refractivity contribution in [1.82, 2.24) is 14.8 Å². The molecule has 1 aromatic heterocycles. The Morgan fingerprint density at radius 1 is 1.18 bits per heavy atom. The third kappa shape index (κ3) is 3.54. The fourth-order valence-corrected chi connectivity index (χ4v) is 7.02. The molecule has 2 saturated heterocycles. The van der Waals surface area contributed by atoms with Gasteiger partial charge in [0.05, 0.1) is 19.1 Å². The number of amides is 1. The summed E-state index contributed by atoms with van der Waals surface area (Å²) < 4.78 is 5.60. The number of rotatable bonds is 5. The average molecular weight is 462 g/mol. The van der Waals surface area contributed by atoms with E-state index in [0.29, 0.717) is 25.9 Å². The van der Waals surface area contributed by atoms with Gasteiger partial charge in [-0.15, -0.1) is 0 Å². The van der Waals surface area contributed by atoms with Gasteiger partial charge in [0.15, 0.2) is 0 Å². The molecule has 6 heteroatoms. The highest BCUT2D eigenvalue weighted by Gasteiger charge is 2.63. The number of fused-ring (bicyclic) bond motifs is 1. The molecule has 1 saturated carbocycles. The van der Waals surface area contributed by atoms with Gasteiger partial charge in [0.25, 0.3) is 0 Å². The molecule has 1 aromatic carbocycles. The van der Waals surface area contributed by atoms with Gasteiger partial charge in [0, 0.05) is 43.5 Å². The maximum Gasteiger partial charge on any atom is 0.227 e. The van der Waals surface area contributed by atoms with Crippen molar-refractivity contribution >= 4 is 5.91 Å². The van der Waals surface area contributed by atoms with Crippen molar-refractivity contribution in [2.24, 2.45) is 5.92 Å². The third-order valence-corrected chi connectivity index (χ3v) is 9.08.